The second-order valence-electron chi connectivity index (χ2n) is 6.15. The fraction of sp³-hybridized carbons (Fsp3) is 0.0952. The number of pyridine rings is 3. The molecule has 0 saturated heterocycles. The molecule has 26 heavy (non-hydrogen) atoms. The lowest BCUT2D eigenvalue weighted by atomic mass is 9.97. The maximum Gasteiger partial charge on any atom is 0.147 e. The second-order valence-corrected chi connectivity index (χ2v) is 6.15. The van der Waals surface area contributed by atoms with E-state index in [2.05, 4.69) is 20.3 Å². The average molecular weight is 342 g/mol. The van der Waals surface area contributed by atoms with E-state index in [4.69, 9.17) is 0 Å². The summed E-state index contributed by atoms with van der Waals surface area (Å²) < 4.78 is 0. The summed E-state index contributed by atoms with van der Waals surface area (Å²) in [6.45, 7) is 2.02. The molecule has 0 radical (unpaired) electrons. The van der Waals surface area contributed by atoms with Crippen molar-refractivity contribution in [1.82, 2.24) is 15.0 Å². The van der Waals surface area contributed by atoms with E-state index >= 15 is 0 Å². The van der Waals surface area contributed by atoms with Gasteiger partial charge in [0.25, 0.3) is 0 Å². The van der Waals surface area contributed by atoms with Gasteiger partial charge in [0.05, 0.1) is 6.04 Å². The zero-order valence-electron chi connectivity index (χ0n) is 14.3. The van der Waals surface area contributed by atoms with E-state index in [1.54, 1.807) is 24.8 Å². The molecule has 0 aliphatic heterocycles. The predicted molar refractivity (Wildman–Crippen MR) is 102 cm³/mol. The molecule has 5 heteroatoms. The lowest BCUT2D eigenvalue weighted by Crippen LogP contribution is -2.14. The Labute approximate surface area is 151 Å². The highest BCUT2D eigenvalue weighted by Crippen LogP contribution is 2.35. The van der Waals surface area contributed by atoms with Crippen LogP contribution in [0.3, 0.4) is 0 Å². The van der Waals surface area contributed by atoms with Crippen molar-refractivity contribution in [2.24, 2.45) is 0 Å². The number of aromatic nitrogens is 3. The molecule has 0 aliphatic carbocycles. The van der Waals surface area contributed by atoms with Crippen molar-refractivity contribution < 1.29 is 5.11 Å². The molecule has 3 aromatic heterocycles. The monoisotopic (exact) mass is 342 g/mol. The third-order valence-electron chi connectivity index (χ3n) is 4.34. The number of nitrogens with one attached hydrogen (secondary N) is 1. The fourth-order valence-corrected chi connectivity index (χ4v) is 3.04. The first kappa shape index (κ1) is 16.0. The van der Waals surface area contributed by atoms with Gasteiger partial charge in [-0.05, 0) is 48.4 Å². The molecule has 0 amide bonds. The number of hydrogen-bond acceptors (Lipinski definition) is 5. The van der Waals surface area contributed by atoms with Crippen LogP contribution in [0.4, 0.5) is 5.82 Å². The largest absolute Gasteiger partial charge is 0.505 e. The van der Waals surface area contributed by atoms with E-state index in [1.165, 1.54) is 0 Å². The molecule has 5 nitrogen and oxygen atoms in total. The Kier molecular flexibility index (Phi) is 4.19. The van der Waals surface area contributed by atoms with Crippen LogP contribution in [-0.2, 0) is 0 Å². The SMILES string of the molecule is Cc1ccnc(NC(c2ccncc2)c2ccc3cccnc3c2O)c1. The minimum absolute atomic E-state index is 0.171. The van der Waals surface area contributed by atoms with Crippen LogP contribution in [0.2, 0.25) is 0 Å². The Morgan fingerprint density at radius 1 is 0.923 bits per heavy atom. The van der Waals surface area contributed by atoms with E-state index in [0.29, 0.717) is 5.52 Å². The van der Waals surface area contributed by atoms with Crippen molar-refractivity contribution in [3.63, 3.8) is 0 Å². The quantitative estimate of drug-likeness (QED) is 0.580. The standard InChI is InChI=1S/C21H18N4O/c1-14-6-12-23-18(13-14)25-19(16-7-10-22-11-8-16)17-5-4-15-3-2-9-24-20(15)21(17)26/h2-13,19,26H,1H3,(H,23,25). The molecule has 3 heterocycles. The molecule has 0 saturated carbocycles. The highest BCUT2D eigenvalue weighted by molar-refractivity contribution is 5.86. The molecule has 4 rings (SSSR count). The van der Waals surface area contributed by atoms with Crippen LogP contribution in [0.15, 0.2) is 73.3 Å². The second kappa shape index (κ2) is 6.80. The van der Waals surface area contributed by atoms with Crippen molar-refractivity contribution in [2.75, 3.05) is 5.32 Å². The summed E-state index contributed by atoms with van der Waals surface area (Å²) in [6, 6.07) is 15.2. The van der Waals surface area contributed by atoms with Gasteiger partial charge in [-0.3, -0.25) is 9.97 Å². The van der Waals surface area contributed by atoms with Crippen molar-refractivity contribution in [2.45, 2.75) is 13.0 Å². The molecule has 0 spiro atoms. The number of anilines is 1. The molecule has 1 atom stereocenters. The Balaban J connectivity index is 1.84. The van der Waals surface area contributed by atoms with Crippen molar-refractivity contribution in [3.05, 3.63) is 90.0 Å². The normalized spacial score (nSPS) is 12.0. The lowest BCUT2D eigenvalue weighted by molar-refractivity contribution is 0.471. The molecule has 0 bridgehead atoms. The number of fused-ring (bicyclic) bond motifs is 1. The van der Waals surface area contributed by atoms with E-state index in [1.807, 2.05) is 55.5 Å². The zero-order chi connectivity index (χ0) is 17.9. The number of phenols is 1. The van der Waals surface area contributed by atoms with E-state index in [9.17, 15) is 5.11 Å². The molecular formula is C21H18N4O. The van der Waals surface area contributed by atoms with Crippen LogP contribution in [0.25, 0.3) is 10.9 Å². The van der Waals surface area contributed by atoms with Crippen LogP contribution in [0.1, 0.15) is 22.7 Å². The van der Waals surface area contributed by atoms with Crippen molar-refractivity contribution >= 4 is 16.7 Å². The summed E-state index contributed by atoms with van der Waals surface area (Å²) in [5.41, 5.74) is 3.42. The van der Waals surface area contributed by atoms with E-state index in [-0.39, 0.29) is 11.8 Å². The highest BCUT2D eigenvalue weighted by Gasteiger charge is 2.20. The van der Waals surface area contributed by atoms with Crippen molar-refractivity contribution in [1.29, 1.82) is 0 Å². The van der Waals surface area contributed by atoms with E-state index in [0.717, 1.165) is 27.9 Å². The van der Waals surface area contributed by atoms with Crippen LogP contribution >= 0.6 is 0 Å². The lowest BCUT2D eigenvalue weighted by Gasteiger charge is -2.22. The first-order valence-electron chi connectivity index (χ1n) is 8.38. The topological polar surface area (TPSA) is 70.9 Å². The molecule has 0 fully saturated rings. The van der Waals surface area contributed by atoms with Gasteiger partial charge < -0.3 is 10.4 Å². The van der Waals surface area contributed by atoms with Crippen LogP contribution in [0, 0.1) is 6.92 Å². The summed E-state index contributed by atoms with van der Waals surface area (Å²) in [5.74, 6) is 0.914. The smallest absolute Gasteiger partial charge is 0.147 e. The molecular weight excluding hydrogens is 324 g/mol. The fourth-order valence-electron chi connectivity index (χ4n) is 3.04. The summed E-state index contributed by atoms with van der Waals surface area (Å²) in [4.78, 5) is 12.8. The number of aromatic hydroxyl groups is 1. The maximum absolute atomic E-state index is 10.9. The molecule has 0 aliphatic rings. The first-order chi connectivity index (χ1) is 12.7. The van der Waals surface area contributed by atoms with Gasteiger partial charge >= 0.3 is 0 Å². The van der Waals surface area contributed by atoms with Crippen LogP contribution in [-0.4, -0.2) is 20.1 Å². The Morgan fingerprint density at radius 2 is 1.77 bits per heavy atom. The molecule has 2 N–H and O–H groups in total. The summed E-state index contributed by atoms with van der Waals surface area (Å²) in [7, 11) is 0. The Bertz CT molecular complexity index is 1050. The average Bonchev–Trinajstić information content (AvgIpc) is 2.68. The Morgan fingerprint density at radius 3 is 2.58 bits per heavy atom. The third-order valence-corrected chi connectivity index (χ3v) is 4.34. The van der Waals surface area contributed by atoms with Crippen LogP contribution in [0.5, 0.6) is 5.75 Å². The molecule has 1 unspecified atom stereocenters. The van der Waals surface area contributed by atoms with Crippen molar-refractivity contribution in [3.8, 4) is 5.75 Å². The number of phenolic OH excluding ortho intramolecular Hbond substituents is 1. The van der Waals surface area contributed by atoms with Gasteiger partial charge in [-0.25, -0.2) is 4.98 Å². The molecule has 128 valence electrons. The van der Waals surface area contributed by atoms with Gasteiger partial charge in [-0.2, -0.15) is 0 Å². The van der Waals surface area contributed by atoms with Gasteiger partial charge in [-0.1, -0.05) is 18.2 Å². The summed E-state index contributed by atoms with van der Waals surface area (Å²) in [6.07, 6.45) is 6.93. The van der Waals surface area contributed by atoms with Gasteiger partial charge in [-0.15, -0.1) is 0 Å². The predicted octanol–water partition coefficient (Wildman–Crippen LogP) is 4.24. The number of hydrogen-bond donors (Lipinski definition) is 2. The minimum Gasteiger partial charge on any atom is -0.505 e. The minimum atomic E-state index is -0.279. The van der Waals surface area contributed by atoms with E-state index < -0.39 is 0 Å². The number of nitrogens with zero attached hydrogens (tertiary/aromatic N) is 3. The van der Waals surface area contributed by atoms with Gasteiger partial charge in [0.15, 0.2) is 0 Å². The summed E-state index contributed by atoms with van der Waals surface area (Å²) >= 11 is 0. The van der Waals surface area contributed by atoms with Gasteiger partial charge in [0.1, 0.15) is 17.1 Å². The zero-order valence-corrected chi connectivity index (χ0v) is 14.3. The number of aryl methyl sites for hydroxylation is 1. The van der Waals surface area contributed by atoms with Gasteiger partial charge in [0, 0.05) is 35.7 Å². The molecule has 4 aromatic rings. The number of rotatable bonds is 4. The summed E-state index contributed by atoms with van der Waals surface area (Å²) in [5, 5.41) is 15.2. The third kappa shape index (κ3) is 3.07. The highest BCUT2D eigenvalue weighted by atomic mass is 16.3. The maximum atomic E-state index is 10.9. The molecule has 1 aromatic carbocycles. The van der Waals surface area contributed by atoms with Gasteiger partial charge in [0.2, 0.25) is 0 Å². The Hall–Kier alpha value is -3.47. The first-order valence-corrected chi connectivity index (χ1v) is 8.38. The number of benzene rings is 1. The van der Waals surface area contributed by atoms with Crippen LogP contribution < -0.4 is 5.32 Å².